The molecule has 0 bridgehead atoms. The molecule has 0 spiro atoms. The lowest BCUT2D eigenvalue weighted by Gasteiger charge is -2.08. The van der Waals surface area contributed by atoms with Crippen molar-refractivity contribution in [2.75, 3.05) is 6.54 Å². The lowest BCUT2D eigenvalue weighted by atomic mass is 10.1. The Morgan fingerprint density at radius 2 is 1.92 bits per heavy atom. The van der Waals surface area contributed by atoms with Crippen molar-refractivity contribution in [1.82, 2.24) is 14.9 Å². The highest BCUT2D eigenvalue weighted by atomic mass is 35.5. The van der Waals surface area contributed by atoms with Crippen LogP contribution in [0.1, 0.15) is 27.9 Å². The van der Waals surface area contributed by atoms with Crippen molar-refractivity contribution >= 4 is 17.5 Å². The van der Waals surface area contributed by atoms with Gasteiger partial charge in [-0.05, 0) is 42.2 Å². The van der Waals surface area contributed by atoms with E-state index in [0.717, 1.165) is 35.5 Å². The monoisotopic (exact) mass is 353 g/mol. The number of amides is 1. The molecule has 3 aromatic rings. The highest BCUT2D eigenvalue weighted by Gasteiger charge is 2.05. The van der Waals surface area contributed by atoms with Crippen LogP contribution in [-0.2, 0) is 13.0 Å². The largest absolute Gasteiger partial charge is 0.352 e. The first-order valence-corrected chi connectivity index (χ1v) is 8.66. The molecular weight excluding hydrogens is 334 g/mol. The average molecular weight is 354 g/mol. The van der Waals surface area contributed by atoms with Gasteiger partial charge in [0, 0.05) is 36.1 Å². The number of hydrogen-bond donors (Lipinski definition) is 1. The summed E-state index contributed by atoms with van der Waals surface area (Å²) in [5, 5.41) is 3.74. The Bertz CT molecular complexity index is 813. The van der Waals surface area contributed by atoms with Crippen molar-refractivity contribution in [1.29, 1.82) is 0 Å². The molecule has 0 radical (unpaired) electrons. The lowest BCUT2D eigenvalue weighted by Crippen LogP contribution is -2.24. The molecule has 0 aliphatic rings. The number of carbonyl (C=O) groups is 1. The van der Waals surface area contributed by atoms with Gasteiger partial charge in [0.15, 0.2) is 0 Å². The number of benzene rings is 2. The number of nitrogens with one attached hydrogen (secondary N) is 1. The van der Waals surface area contributed by atoms with Crippen LogP contribution in [0, 0.1) is 0 Å². The molecule has 0 saturated heterocycles. The second kappa shape index (κ2) is 8.49. The van der Waals surface area contributed by atoms with Gasteiger partial charge in [-0.1, -0.05) is 41.9 Å². The van der Waals surface area contributed by atoms with Crippen molar-refractivity contribution in [2.24, 2.45) is 0 Å². The molecule has 1 heterocycles. The van der Waals surface area contributed by atoms with Crippen LogP contribution in [0.3, 0.4) is 0 Å². The molecule has 5 heteroatoms. The van der Waals surface area contributed by atoms with E-state index < -0.39 is 0 Å². The van der Waals surface area contributed by atoms with Gasteiger partial charge in [0.1, 0.15) is 0 Å². The maximum atomic E-state index is 12.2. The molecule has 3 rings (SSSR count). The third-order valence-corrected chi connectivity index (χ3v) is 4.38. The Morgan fingerprint density at radius 3 is 2.64 bits per heavy atom. The summed E-state index contributed by atoms with van der Waals surface area (Å²) in [6, 6.07) is 15.5. The Balaban J connectivity index is 1.45. The van der Waals surface area contributed by atoms with E-state index in [1.807, 2.05) is 59.3 Å². The molecule has 25 heavy (non-hydrogen) atoms. The fourth-order valence-electron chi connectivity index (χ4n) is 2.64. The molecule has 0 unspecified atom stereocenters. The standard InChI is InChI=1S/C20H20ClN3O/c21-19-6-2-1-4-17(19)5-3-11-23-20(25)18-9-7-16(8-10-18)14-24-13-12-22-15-24/h1-2,4,6-10,12-13,15H,3,5,11,14H2,(H,23,25). The van der Waals surface area contributed by atoms with Crippen molar-refractivity contribution < 1.29 is 4.79 Å². The van der Waals surface area contributed by atoms with Crippen molar-refractivity contribution in [3.05, 3.63) is 89.0 Å². The minimum Gasteiger partial charge on any atom is -0.352 e. The Hall–Kier alpha value is -2.59. The summed E-state index contributed by atoms with van der Waals surface area (Å²) in [4.78, 5) is 16.2. The molecule has 1 aromatic heterocycles. The van der Waals surface area contributed by atoms with Crippen molar-refractivity contribution in [3.8, 4) is 0 Å². The van der Waals surface area contributed by atoms with E-state index in [2.05, 4.69) is 10.3 Å². The summed E-state index contributed by atoms with van der Waals surface area (Å²) in [6.45, 7) is 1.38. The normalized spacial score (nSPS) is 10.6. The molecule has 1 N–H and O–H groups in total. The van der Waals surface area contributed by atoms with E-state index in [1.54, 1.807) is 12.5 Å². The number of halogens is 1. The average Bonchev–Trinajstić information content (AvgIpc) is 3.13. The zero-order chi connectivity index (χ0) is 17.5. The van der Waals surface area contributed by atoms with E-state index in [4.69, 9.17) is 11.6 Å². The SMILES string of the molecule is O=C(NCCCc1ccccc1Cl)c1ccc(Cn2ccnc2)cc1. The van der Waals surface area contributed by atoms with E-state index in [0.29, 0.717) is 12.1 Å². The van der Waals surface area contributed by atoms with Crippen LogP contribution in [0.4, 0.5) is 0 Å². The quantitative estimate of drug-likeness (QED) is 0.654. The fraction of sp³-hybridized carbons (Fsp3) is 0.200. The van der Waals surface area contributed by atoms with Crippen LogP contribution in [0.2, 0.25) is 5.02 Å². The summed E-state index contributed by atoms with van der Waals surface area (Å²) >= 11 is 6.13. The number of imidazole rings is 1. The molecule has 0 atom stereocenters. The minimum atomic E-state index is -0.0478. The topological polar surface area (TPSA) is 46.9 Å². The molecule has 0 fully saturated rings. The number of rotatable bonds is 7. The smallest absolute Gasteiger partial charge is 0.251 e. The minimum absolute atomic E-state index is 0.0478. The molecule has 4 nitrogen and oxygen atoms in total. The van der Waals surface area contributed by atoms with E-state index in [-0.39, 0.29) is 5.91 Å². The third-order valence-electron chi connectivity index (χ3n) is 4.01. The second-order valence-electron chi connectivity index (χ2n) is 5.88. The van der Waals surface area contributed by atoms with Crippen LogP contribution in [0.15, 0.2) is 67.3 Å². The van der Waals surface area contributed by atoms with E-state index in [1.165, 1.54) is 0 Å². The first-order chi connectivity index (χ1) is 12.2. The molecule has 1 amide bonds. The predicted molar refractivity (Wildman–Crippen MR) is 99.9 cm³/mol. The number of aryl methyl sites for hydroxylation is 1. The third kappa shape index (κ3) is 4.94. The van der Waals surface area contributed by atoms with Gasteiger partial charge in [-0.25, -0.2) is 4.98 Å². The molecule has 0 saturated carbocycles. The molecule has 0 aliphatic heterocycles. The Morgan fingerprint density at radius 1 is 1.12 bits per heavy atom. The molecule has 0 aliphatic carbocycles. The maximum absolute atomic E-state index is 12.2. The highest BCUT2D eigenvalue weighted by Crippen LogP contribution is 2.16. The summed E-state index contributed by atoms with van der Waals surface area (Å²) in [7, 11) is 0. The highest BCUT2D eigenvalue weighted by molar-refractivity contribution is 6.31. The Labute approximate surface area is 152 Å². The van der Waals surface area contributed by atoms with Gasteiger partial charge in [0.2, 0.25) is 0 Å². The van der Waals surface area contributed by atoms with Gasteiger partial charge in [-0.2, -0.15) is 0 Å². The van der Waals surface area contributed by atoms with Crippen molar-refractivity contribution in [3.63, 3.8) is 0 Å². The summed E-state index contributed by atoms with van der Waals surface area (Å²) in [6.07, 6.45) is 7.15. The zero-order valence-electron chi connectivity index (χ0n) is 13.9. The van der Waals surface area contributed by atoms with Crippen LogP contribution < -0.4 is 5.32 Å². The van der Waals surface area contributed by atoms with Crippen molar-refractivity contribution in [2.45, 2.75) is 19.4 Å². The number of hydrogen-bond acceptors (Lipinski definition) is 2. The summed E-state index contributed by atoms with van der Waals surface area (Å²) in [5.74, 6) is -0.0478. The van der Waals surface area contributed by atoms with Crippen LogP contribution >= 0.6 is 11.6 Å². The first kappa shape index (κ1) is 17.2. The Kier molecular flexibility index (Phi) is 5.86. The van der Waals surface area contributed by atoms with Gasteiger partial charge < -0.3 is 9.88 Å². The fourth-order valence-corrected chi connectivity index (χ4v) is 2.87. The van der Waals surface area contributed by atoms with E-state index >= 15 is 0 Å². The number of aromatic nitrogens is 2. The zero-order valence-corrected chi connectivity index (χ0v) is 14.6. The van der Waals surface area contributed by atoms with Gasteiger partial charge in [0.05, 0.1) is 6.33 Å². The molecule has 128 valence electrons. The maximum Gasteiger partial charge on any atom is 0.251 e. The molecule has 2 aromatic carbocycles. The first-order valence-electron chi connectivity index (χ1n) is 8.28. The van der Waals surface area contributed by atoms with Gasteiger partial charge in [-0.3, -0.25) is 4.79 Å². The van der Waals surface area contributed by atoms with Gasteiger partial charge in [0.25, 0.3) is 5.91 Å². The summed E-state index contributed by atoms with van der Waals surface area (Å²) < 4.78 is 1.99. The second-order valence-corrected chi connectivity index (χ2v) is 6.29. The van der Waals surface area contributed by atoms with Crippen LogP contribution in [0.25, 0.3) is 0 Å². The molecular formula is C20H20ClN3O. The number of carbonyl (C=O) groups excluding carboxylic acids is 1. The van der Waals surface area contributed by atoms with Gasteiger partial charge in [-0.15, -0.1) is 0 Å². The van der Waals surface area contributed by atoms with Crippen LogP contribution in [0.5, 0.6) is 0 Å². The van der Waals surface area contributed by atoms with Crippen LogP contribution in [-0.4, -0.2) is 22.0 Å². The van der Waals surface area contributed by atoms with E-state index in [9.17, 15) is 4.79 Å². The lowest BCUT2D eigenvalue weighted by molar-refractivity contribution is 0.0953. The van der Waals surface area contributed by atoms with Gasteiger partial charge >= 0.3 is 0 Å². The summed E-state index contributed by atoms with van der Waals surface area (Å²) in [5.41, 5.74) is 2.92. The number of nitrogens with zero attached hydrogens (tertiary/aromatic N) is 2. The predicted octanol–water partition coefficient (Wildman–Crippen LogP) is 3.95.